The monoisotopic (exact) mass is 362 g/mol. The third kappa shape index (κ3) is 3.97. The first-order valence-electron chi connectivity index (χ1n) is 7.12. The Labute approximate surface area is 147 Å². The number of hydrogen-bond acceptors (Lipinski definition) is 6. The molecule has 0 unspecified atom stereocenters. The predicted molar refractivity (Wildman–Crippen MR) is 92.6 cm³/mol. The first-order valence-corrected chi connectivity index (χ1v) is 8.31. The van der Waals surface area contributed by atoms with Gasteiger partial charge in [-0.3, -0.25) is 9.69 Å². The second-order valence-corrected chi connectivity index (χ2v) is 7.09. The Balaban J connectivity index is 1.65. The molecule has 9 heteroatoms. The zero-order chi connectivity index (χ0) is 17.1. The van der Waals surface area contributed by atoms with Crippen molar-refractivity contribution < 1.29 is 4.79 Å². The summed E-state index contributed by atoms with van der Waals surface area (Å²) in [5, 5.41) is 12.5. The first-order chi connectivity index (χ1) is 11.5. The van der Waals surface area contributed by atoms with Crippen molar-refractivity contribution in [3.8, 4) is 11.4 Å². The maximum Gasteiger partial charge on any atom is 0.248 e. The average Bonchev–Trinajstić information content (AvgIpc) is 3.16. The number of rotatable bonds is 6. The highest BCUT2D eigenvalue weighted by Crippen LogP contribution is 2.22. The summed E-state index contributed by atoms with van der Waals surface area (Å²) in [5.74, 6) is 0.0343. The van der Waals surface area contributed by atoms with Gasteiger partial charge in [0, 0.05) is 22.5 Å². The number of thiophene rings is 1. The minimum atomic E-state index is -0.464. The molecule has 124 valence electrons. The lowest BCUT2D eigenvalue weighted by Gasteiger charge is -2.13. The van der Waals surface area contributed by atoms with E-state index in [9.17, 15) is 4.79 Å². The van der Waals surface area contributed by atoms with Crippen LogP contribution in [0.25, 0.3) is 11.4 Å². The highest BCUT2D eigenvalue weighted by atomic mass is 35.5. The molecule has 0 saturated heterocycles. The van der Waals surface area contributed by atoms with Gasteiger partial charge < -0.3 is 5.73 Å². The second-order valence-electron chi connectivity index (χ2n) is 5.29. The molecule has 3 aromatic rings. The van der Waals surface area contributed by atoms with Crippen LogP contribution in [0.2, 0.25) is 4.34 Å². The number of halogens is 1. The molecule has 0 spiro atoms. The van der Waals surface area contributed by atoms with Crippen LogP contribution in [0.15, 0.2) is 36.4 Å². The van der Waals surface area contributed by atoms with Crippen LogP contribution in [0.3, 0.4) is 0 Å². The maximum atomic E-state index is 11.1. The molecule has 0 atom stereocenters. The number of primary amides is 1. The Kier molecular flexibility index (Phi) is 4.89. The zero-order valence-electron chi connectivity index (χ0n) is 12.9. The number of aromatic nitrogens is 4. The predicted octanol–water partition coefficient (Wildman–Crippen LogP) is 2.24. The Hall–Kier alpha value is -2.29. The number of nitrogens with two attached hydrogens (primary N) is 1. The summed E-state index contributed by atoms with van der Waals surface area (Å²) in [6, 6.07) is 10.7. The van der Waals surface area contributed by atoms with Crippen molar-refractivity contribution in [1.82, 2.24) is 25.1 Å². The molecule has 2 N–H and O–H groups in total. The number of amides is 1. The van der Waals surface area contributed by atoms with Gasteiger partial charge in [0.2, 0.25) is 11.7 Å². The van der Waals surface area contributed by atoms with Gasteiger partial charge in [-0.2, -0.15) is 0 Å². The first kappa shape index (κ1) is 16.6. The Morgan fingerprint density at radius 1 is 1.29 bits per heavy atom. The summed E-state index contributed by atoms with van der Waals surface area (Å²) < 4.78 is 0.777. The molecule has 2 aromatic heterocycles. The van der Waals surface area contributed by atoms with Gasteiger partial charge in [-0.15, -0.1) is 26.3 Å². The van der Waals surface area contributed by atoms with Gasteiger partial charge in [-0.1, -0.05) is 23.7 Å². The van der Waals surface area contributed by atoms with E-state index in [1.165, 1.54) is 9.67 Å². The van der Waals surface area contributed by atoms with Crippen LogP contribution in [-0.2, 0) is 13.2 Å². The molecule has 24 heavy (non-hydrogen) atoms. The second kappa shape index (κ2) is 7.08. The number of benzene rings is 1. The molecule has 7 nitrogen and oxygen atoms in total. The van der Waals surface area contributed by atoms with E-state index in [-0.39, 0.29) is 0 Å². The Bertz CT molecular complexity index is 844. The van der Waals surface area contributed by atoms with Crippen molar-refractivity contribution in [2.45, 2.75) is 13.2 Å². The van der Waals surface area contributed by atoms with Gasteiger partial charge in [-0.25, -0.2) is 0 Å². The molecule has 2 heterocycles. The Morgan fingerprint density at radius 3 is 2.67 bits per heavy atom. The van der Waals surface area contributed by atoms with Crippen molar-refractivity contribution in [1.29, 1.82) is 0 Å². The number of nitrogens with zero attached hydrogens (tertiary/aromatic N) is 5. The normalized spacial score (nSPS) is 11.1. The maximum absolute atomic E-state index is 11.1. The van der Waals surface area contributed by atoms with Gasteiger partial charge in [0.15, 0.2) is 0 Å². The molecule has 1 amide bonds. The van der Waals surface area contributed by atoms with Gasteiger partial charge in [0.25, 0.3) is 0 Å². The topological polar surface area (TPSA) is 89.9 Å². The molecular formula is C15H15ClN6OS. The number of carbonyl (C=O) groups excluding carboxylic acids is 1. The number of tetrazole rings is 1. The van der Waals surface area contributed by atoms with Gasteiger partial charge >= 0.3 is 0 Å². The minimum Gasteiger partial charge on any atom is -0.366 e. The van der Waals surface area contributed by atoms with E-state index in [0.29, 0.717) is 18.1 Å². The molecule has 0 fully saturated rings. The van der Waals surface area contributed by atoms with E-state index in [0.717, 1.165) is 16.4 Å². The lowest BCUT2D eigenvalue weighted by molar-refractivity contribution is 0.100. The zero-order valence-corrected chi connectivity index (χ0v) is 14.5. The third-order valence-corrected chi connectivity index (χ3v) is 4.52. The molecular weight excluding hydrogens is 348 g/mol. The van der Waals surface area contributed by atoms with Gasteiger partial charge in [0.05, 0.1) is 4.34 Å². The van der Waals surface area contributed by atoms with Crippen molar-refractivity contribution in [2.75, 3.05) is 7.05 Å². The van der Waals surface area contributed by atoms with Crippen LogP contribution in [0.4, 0.5) is 0 Å². The molecule has 3 rings (SSSR count). The molecule has 0 radical (unpaired) electrons. The summed E-state index contributed by atoms with van der Waals surface area (Å²) in [6.45, 7) is 1.25. The lowest BCUT2D eigenvalue weighted by Crippen LogP contribution is -2.22. The average molecular weight is 363 g/mol. The minimum absolute atomic E-state index is 0.445. The smallest absolute Gasteiger partial charge is 0.248 e. The van der Waals surface area contributed by atoms with Crippen LogP contribution in [0.5, 0.6) is 0 Å². The van der Waals surface area contributed by atoms with E-state index in [1.807, 2.05) is 19.2 Å². The quantitative estimate of drug-likeness (QED) is 0.726. The Morgan fingerprint density at radius 2 is 2.04 bits per heavy atom. The van der Waals surface area contributed by atoms with Crippen molar-refractivity contribution in [3.63, 3.8) is 0 Å². The summed E-state index contributed by atoms with van der Waals surface area (Å²) in [7, 11) is 1.97. The number of carbonyl (C=O) groups is 1. The SMILES string of the molecule is CN(Cc1ccc(Cl)s1)Cn1nnc(-c2ccc(C(N)=O)cc2)n1. The van der Waals surface area contributed by atoms with E-state index in [4.69, 9.17) is 17.3 Å². The summed E-state index contributed by atoms with van der Waals surface area (Å²) in [4.78, 5) is 15.8. The number of hydrogen-bond donors (Lipinski definition) is 1. The third-order valence-electron chi connectivity index (χ3n) is 3.30. The van der Waals surface area contributed by atoms with E-state index < -0.39 is 5.91 Å². The van der Waals surface area contributed by atoms with Crippen molar-refractivity contribution in [2.24, 2.45) is 5.73 Å². The lowest BCUT2D eigenvalue weighted by atomic mass is 10.1. The standard InChI is InChI=1S/C15H15ClN6OS/c1-21(8-12-6-7-13(16)24-12)9-22-19-15(18-20-22)11-4-2-10(3-5-11)14(17)23/h2-7H,8-9H2,1H3,(H2,17,23). The van der Waals surface area contributed by atoms with E-state index in [2.05, 4.69) is 20.3 Å². The molecule has 0 aliphatic rings. The summed E-state index contributed by atoms with van der Waals surface area (Å²) in [5.41, 5.74) is 6.45. The van der Waals surface area contributed by atoms with Crippen LogP contribution < -0.4 is 5.73 Å². The van der Waals surface area contributed by atoms with Crippen LogP contribution >= 0.6 is 22.9 Å². The van der Waals surface area contributed by atoms with Crippen LogP contribution in [-0.4, -0.2) is 38.1 Å². The van der Waals surface area contributed by atoms with Crippen LogP contribution in [0, 0.1) is 0 Å². The van der Waals surface area contributed by atoms with Gasteiger partial charge in [-0.05, 0) is 36.5 Å². The van der Waals surface area contributed by atoms with Gasteiger partial charge in [0.1, 0.15) is 6.67 Å². The molecule has 0 saturated carbocycles. The fourth-order valence-corrected chi connectivity index (χ4v) is 3.34. The molecule has 0 aliphatic heterocycles. The molecule has 0 bridgehead atoms. The highest BCUT2D eigenvalue weighted by Gasteiger charge is 2.09. The van der Waals surface area contributed by atoms with Crippen molar-refractivity contribution in [3.05, 3.63) is 51.2 Å². The highest BCUT2D eigenvalue weighted by molar-refractivity contribution is 7.16. The fourth-order valence-electron chi connectivity index (χ4n) is 2.17. The van der Waals surface area contributed by atoms with E-state index in [1.54, 1.807) is 35.6 Å². The largest absolute Gasteiger partial charge is 0.366 e. The molecule has 0 aliphatic carbocycles. The molecule has 1 aromatic carbocycles. The summed E-state index contributed by atoms with van der Waals surface area (Å²) in [6.07, 6.45) is 0. The van der Waals surface area contributed by atoms with Crippen LogP contribution in [0.1, 0.15) is 15.2 Å². The van der Waals surface area contributed by atoms with E-state index >= 15 is 0 Å². The van der Waals surface area contributed by atoms with Crippen molar-refractivity contribution >= 4 is 28.8 Å². The summed E-state index contributed by atoms with van der Waals surface area (Å²) >= 11 is 7.49. The fraction of sp³-hybridized carbons (Fsp3) is 0.200.